The molecule has 0 saturated heterocycles. The molecule has 0 atom stereocenters. The Morgan fingerprint density at radius 1 is 1.56 bits per heavy atom. The van der Waals surface area contributed by atoms with Crippen LogP contribution >= 0.6 is 0 Å². The van der Waals surface area contributed by atoms with Crippen LogP contribution in [0.3, 0.4) is 0 Å². The lowest BCUT2D eigenvalue weighted by molar-refractivity contribution is -0.138. The molecule has 0 amide bonds. The third-order valence-corrected chi connectivity index (χ3v) is 2.32. The van der Waals surface area contributed by atoms with Crippen LogP contribution in [0.4, 0.5) is 5.82 Å². The number of rotatable bonds is 5. The molecule has 0 aliphatic carbocycles. The molecule has 0 aliphatic rings. The minimum absolute atomic E-state index is 0.237. The molecule has 4 nitrogen and oxygen atoms in total. The molecule has 0 radical (unpaired) electrons. The number of pyridine rings is 1. The number of esters is 1. The number of anilines is 1. The van der Waals surface area contributed by atoms with Gasteiger partial charge in [0.15, 0.2) is 0 Å². The molecule has 1 aromatic rings. The molecular weight excluding hydrogens is 204 g/mol. The number of aromatic nitrogens is 1. The molecule has 0 bridgehead atoms. The van der Waals surface area contributed by atoms with Crippen LogP contribution in [0.25, 0.3) is 0 Å². The largest absolute Gasteiger partial charge is 0.468 e. The lowest BCUT2D eigenvalue weighted by atomic mass is 10.2. The fourth-order valence-corrected chi connectivity index (χ4v) is 1.56. The van der Waals surface area contributed by atoms with E-state index >= 15 is 0 Å². The molecule has 1 aromatic heterocycles. The highest BCUT2D eigenvalue weighted by atomic mass is 16.5. The topological polar surface area (TPSA) is 42.4 Å². The molecule has 0 unspecified atom stereocenters. The van der Waals surface area contributed by atoms with Gasteiger partial charge in [-0.2, -0.15) is 0 Å². The van der Waals surface area contributed by atoms with Crippen molar-refractivity contribution in [2.75, 3.05) is 25.1 Å². The summed E-state index contributed by atoms with van der Waals surface area (Å²) in [4.78, 5) is 17.5. The van der Waals surface area contributed by atoms with E-state index in [4.69, 9.17) is 0 Å². The number of nitrogens with zero attached hydrogens (tertiary/aromatic N) is 2. The van der Waals surface area contributed by atoms with Gasteiger partial charge in [0, 0.05) is 12.7 Å². The van der Waals surface area contributed by atoms with Crippen LogP contribution in [-0.2, 0) is 9.53 Å². The molecule has 16 heavy (non-hydrogen) atoms. The number of carbonyl (C=O) groups is 1. The Bertz CT molecular complexity index is 353. The summed E-state index contributed by atoms with van der Waals surface area (Å²) in [6.45, 7) is 5.11. The molecular formula is C12H18N2O2. The Labute approximate surface area is 96.2 Å². The van der Waals surface area contributed by atoms with Crippen molar-refractivity contribution < 1.29 is 9.53 Å². The minimum Gasteiger partial charge on any atom is -0.468 e. The van der Waals surface area contributed by atoms with Crippen LogP contribution in [0.15, 0.2) is 18.3 Å². The van der Waals surface area contributed by atoms with Gasteiger partial charge in [0.25, 0.3) is 0 Å². The highest BCUT2D eigenvalue weighted by Crippen LogP contribution is 2.15. The molecule has 88 valence electrons. The van der Waals surface area contributed by atoms with Crippen molar-refractivity contribution in [2.45, 2.75) is 20.3 Å². The van der Waals surface area contributed by atoms with Gasteiger partial charge in [-0.1, -0.05) is 13.0 Å². The Morgan fingerprint density at radius 3 is 2.88 bits per heavy atom. The average Bonchev–Trinajstić information content (AvgIpc) is 2.29. The van der Waals surface area contributed by atoms with Gasteiger partial charge in [-0.15, -0.1) is 0 Å². The first-order chi connectivity index (χ1) is 7.69. The van der Waals surface area contributed by atoms with E-state index in [0.29, 0.717) is 0 Å². The van der Waals surface area contributed by atoms with E-state index in [9.17, 15) is 4.79 Å². The molecule has 1 rings (SSSR count). The number of hydrogen-bond acceptors (Lipinski definition) is 4. The van der Waals surface area contributed by atoms with Crippen LogP contribution in [0.1, 0.15) is 18.9 Å². The third kappa shape index (κ3) is 3.22. The first-order valence-electron chi connectivity index (χ1n) is 5.42. The van der Waals surface area contributed by atoms with Crippen molar-refractivity contribution >= 4 is 11.8 Å². The number of carbonyl (C=O) groups excluding carboxylic acids is 1. The van der Waals surface area contributed by atoms with Gasteiger partial charge in [-0.05, 0) is 25.0 Å². The van der Waals surface area contributed by atoms with Crippen molar-refractivity contribution in [3.8, 4) is 0 Å². The zero-order chi connectivity index (χ0) is 12.0. The molecule has 0 fully saturated rings. The number of hydrogen-bond donors (Lipinski definition) is 0. The Morgan fingerprint density at radius 2 is 2.31 bits per heavy atom. The molecule has 0 aromatic carbocycles. The lowest BCUT2D eigenvalue weighted by Gasteiger charge is -2.23. The maximum Gasteiger partial charge on any atom is 0.325 e. The van der Waals surface area contributed by atoms with E-state index in [1.54, 1.807) is 6.20 Å². The van der Waals surface area contributed by atoms with Gasteiger partial charge in [0.05, 0.1) is 7.11 Å². The van der Waals surface area contributed by atoms with Crippen molar-refractivity contribution in [2.24, 2.45) is 0 Å². The summed E-state index contributed by atoms with van der Waals surface area (Å²) in [6, 6.07) is 3.88. The standard InChI is InChI=1S/C12H18N2O2/c1-4-8-14(9-11(15)16-3)12-10(2)6-5-7-13-12/h5-7H,4,8-9H2,1-3H3. The van der Waals surface area contributed by atoms with Gasteiger partial charge < -0.3 is 9.64 Å². The van der Waals surface area contributed by atoms with E-state index < -0.39 is 0 Å². The monoisotopic (exact) mass is 222 g/mol. The van der Waals surface area contributed by atoms with Crippen LogP contribution in [-0.4, -0.2) is 31.2 Å². The van der Waals surface area contributed by atoms with Gasteiger partial charge in [-0.25, -0.2) is 4.98 Å². The smallest absolute Gasteiger partial charge is 0.325 e. The molecule has 1 heterocycles. The van der Waals surface area contributed by atoms with Crippen molar-refractivity contribution in [3.05, 3.63) is 23.9 Å². The number of methoxy groups -OCH3 is 1. The summed E-state index contributed by atoms with van der Waals surface area (Å²) in [5, 5.41) is 0. The van der Waals surface area contributed by atoms with Crippen molar-refractivity contribution in [1.82, 2.24) is 4.98 Å². The normalized spacial score (nSPS) is 9.94. The number of ether oxygens (including phenoxy) is 1. The van der Waals surface area contributed by atoms with E-state index in [2.05, 4.69) is 16.6 Å². The first-order valence-corrected chi connectivity index (χ1v) is 5.42. The Kier molecular flexibility index (Phi) is 4.76. The predicted molar refractivity (Wildman–Crippen MR) is 63.5 cm³/mol. The Hall–Kier alpha value is -1.58. The fraction of sp³-hybridized carbons (Fsp3) is 0.500. The highest BCUT2D eigenvalue weighted by Gasteiger charge is 2.13. The zero-order valence-electron chi connectivity index (χ0n) is 10.1. The average molecular weight is 222 g/mol. The molecule has 4 heteroatoms. The fourth-order valence-electron chi connectivity index (χ4n) is 1.56. The SMILES string of the molecule is CCCN(CC(=O)OC)c1ncccc1C. The second kappa shape index (κ2) is 6.10. The summed E-state index contributed by atoms with van der Waals surface area (Å²) in [6.07, 6.45) is 2.70. The van der Waals surface area contributed by atoms with Gasteiger partial charge in [-0.3, -0.25) is 4.79 Å². The van der Waals surface area contributed by atoms with Gasteiger partial charge >= 0.3 is 5.97 Å². The molecule has 0 N–H and O–H groups in total. The molecule has 0 aliphatic heterocycles. The summed E-state index contributed by atoms with van der Waals surface area (Å²) >= 11 is 0. The van der Waals surface area contributed by atoms with Gasteiger partial charge in [0.2, 0.25) is 0 Å². The number of aryl methyl sites for hydroxylation is 1. The molecule has 0 spiro atoms. The summed E-state index contributed by atoms with van der Waals surface area (Å²) < 4.78 is 4.68. The first kappa shape index (κ1) is 12.5. The van der Waals surface area contributed by atoms with Crippen molar-refractivity contribution in [1.29, 1.82) is 0 Å². The summed E-state index contributed by atoms with van der Waals surface area (Å²) in [5.74, 6) is 0.619. The van der Waals surface area contributed by atoms with Crippen LogP contribution < -0.4 is 4.90 Å². The zero-order valence-corrected chi connectivity index (χ0v) is 10.1. The van der Waals surface area contributed by atoms with Crippen LogP contribution in [0, 0.1) is 6.92 Å². The van der Waals surface area contributed by atoms with E-state index in [-0.39, 0.29) is 12.5 Å². The second-order valence-corrected chi connectivity index (χ2v) is 3.64. The van der Waals surface area contributed by atoms with Crippen LogP contribution in [0.5, 0.6) is 0 Å². The maximum atomic E-state index is 11.3. The molecule has 0 saturated carbocycles. The predicted octanol–water partition coefficient (Wildman–Crippen LogP) is 1.78. The van der Waals surface area contributed by atoms with Crippen LogP contribution in [0.2, 0.25) is 0 Å². The summed E-state index contributed by atoms with van der Waals surface area (Å²) in [5.41, 5.74) is 1.07. The Balaban J connectivity index is 2.85. The lowest BCUT2D eigenvalue weighted by Crippen LogP contribution is -2.32. The van der Waals surface area contributed by atoms with Crippen molar-refractivity contribution in [3.63, 3.8) is 0 Å². The quantitative estimate of drug-likeness (QED) is 0.712. The summed E-state index contributed by atoms with van der Waals surface area (Å²) in [7, 11) is 1.40. The minimum atomic E-state index is -0.237. The highest BCUT2D eigenvalue weighted by molar-refractivity contribution is 5.75. The second-order valence-electron chi connectivity index (χ2n) is 3.64. The van der Waals surface area contributed by atoms with E-state index in [1.165, 1.54) is 7.11 Å². The van der Waals surface area contributed by atoms with Gasteiger partial charge in [0.1, 0.15) is 12.4 Å². The van der Waals surface area contributed by atoms with E-state index in [0.717, 1.165) is 24.3 Å². The maximum absolute atomic E-state index is 11.3. The van der Waals surface area contributed by atoms with E-state index in [1.807, 2.05) is 24.0 Å². The third-order valence-electron chi connectivity index (χ3n) is 2.32.